The predicted molar refractivity (Wildman–Crippen MR) is 192 cm³/mol. The third-order valence-electron chi connectivity index (χ3n) is 9.37. The molecule has 9 nitrogen and oxygen atoms in total. The summed E-state index contributed by atoms with van der Waals surface area (Å²) in [7, 11) is 0. The number of carbonyl (C=O) groups excluding carboxylic acids is 1. The summed E-state index contributed by atoms with van der Waals surface area (Å²) in [5.74, 6) is 0.586. The van der Waals surface area contributed by atoms with Crippen LogP contribution in [0.5, 0.6) is 5.75 Å². The van der Waals surface area contributed by atoms with Crippen LogP contribution in [-0.4, -0.2) is 60.1 Å². The van der Waals surface area contributed by atoms with Gasteiger partial charge in [-0.15, -0.1) is 0 Å². The van der Waals surface area contributed by atoms with Gasteiger partial charge in [-0.2, -0.15) is 5.10 Å². The van der Waals surface area contributed by atoms with Crippen LogP contribution >= 0.6 is 0 Å². The van der Waals surface area contributed by atoms with Gasteiger partial charge in [0.2, 0.25) is 0 Å². The molecule has 0 saturated carbocycles. The summed E-state index contributed by atoms with van der Waals surface area (Å²) in [6.45, 7) is 5.71. The third-order valence-corrected chi connectivity index (χ3v) is 9.37. The van der Waals surface area contributed by atoms with Crippen LogP contribution in [0.15, 0.2) is 60.7 Å². The minimum Gasteiger partial charge on any atom is -0.493 e. The molecule has 260 valence electrons. The molecule has 7 rings (SSSR count). The Labute approximate surface area is 288 Å². The highest BCUT2D eigenvalue weighted by Gasteiger charge is 2.28. The standard InChI is InChI=1S/C39H45N3O6.CH4/c1-2-45-39(43)38-30(17-11-24-46-34-18-9-13-27-12-3-4-14-28(27)34)29-15-10-16-31-36-32(20-25-48-35-19-5-7-23-47-35)40-41-33(36)26-44-22-8-6-21-42(38)37(29)31;/h3-4,9-10,12-16,18,35H,2,5-8,11,17,19-26H2,1H3,(H,40,41);1H4. The molecule has 0 radical (unpaired) electrons. The number of nitrogens with one attached hydrogen (secondary N) is 1. The van der Waals surface area contributed by atoms with Crippen molar-refractivity contribution in [1.29, 1.82) is 0 Å². The summed E-state index contributed by atoms with van der Waals surface area (Å²) in [5, 5.41) is 11.4. The molecule has 0 bridgehead atoms. The number of aryl methyl sites for hydroxylation is 2. The van der Waals surface area contributed by atoms with E-state index < -0.39 is 0 Å². The normalized spacial score (nSPS) is 16.5. The molecule has 2 aliphatic rings. The fourth-order valence-electron chi connectivity index (χ4n) is 7.15. The largest absolute Gasteiger partial charge is 0.493 e. The lowest BCUT2D eigenvalue weighted by atomic mass is 9.97. The lowest BCUT2D eigenvalue weighted by molar-refractivity contribution is -0.161. The number of benzene rings is 3. The van der Waals surface area contributed by atoms with Crippen molar-refractivity contribution in [1.82, 2.24) is 14.8 Å². The summed E-state index contributed by atoms with van der Waals surface area (Å²) in [4.78, 5) is 13.8. The van der Waals surface area contributed by atoms with E-state index in [0.29, 0.717) is 58.1 Å². The summed E-state index contributed by atoms with van der Waals surface area (Å²) in [6.07, 6.45) is 6.79. The molecule has 0 spiro atoms. The van der Waals surface area contributed by atoms with Gasteiger partial charge in [-0.25, -0.2) is 4.79 Å². The molecule has 2 aliphatic heterocycles. The SMILES string of the molecule is C.CCOC(=O)c1c(CCCOc2cccc3ccccc23)c2cccc3c2n1CCCCOCc1[nH]nc(CCOC2CCCCO2)c1-3. The van der Waals surface area contributed by atoms with Crippen LogP contribution in [0.1, 0.15) is 80.3 Å². The number of rotatable bonds is 11. The van der Waals surface area contributed by atoms with Gasteiger partial charge in [0, 0.05) is 48.1 Å². The maximum Gasteiger partial charge on any atom is 0.355 e. The molecule has 5 aromatic rings. The van der Waals surface area contributed by atoms with Crippen molar-refractivity contribution in [3.63, 3.8) is 0 Å². The van der Waals surface area contributed by atoms with Gasteiger partial charge >= 0.3 is 5.97 Å². The van der Waals surface area contributed by atoms with E-state index in [1.54, 1.807) is 0 Å². The molecule has 2 aromatic heterocycles. The Kier molecular flexibility index (Phi) is 11.7. The summed E-state index contributed by atoms with van der Waals surface area (Å²) < 4.78 is 32.2. The summed E-state index contributed by atoms with van der Waals surface area (Å²) in [6, 6.07) is 20.8. The van der Waals surface area contributed by atoms with Crippen LogP contribution in [0.3, 0.4) is 0 Å². The molecule has 1 atom stereocenters. The van der Waals surface area contributed by atoms with Gasteiger partial charge in [-0.1, -0.05) is 62.0 Å². The van der Waals surface area contributed by atoms with E-state index in [0.717, 1.165) is 101 Å². The number of aromatic nitrogens is 3. The number of nitrogens with zero attached hydrogens (tertiary/aromatic N) is 2. The monoisotopic (exact) mass is 667 g/mol. The molecule has 1 fully saturated rings. The molecule has 1 N–H and O–H groups in total. The van der Waals surface area contributed by atoms with Gasteiger partial charge < -0.3 is 28.3 Å². The number of carbonyl (C=O) groups is 1. The van der Waals surface area contributed by atoms with E-state index in [-0.39, 0.29) is 19.7 Å². The van der Waals surface area contributed by atoms with Crippen LogP contribution in [-0.2, 0) is 44.9 Å². The zero-order chi connectivity index (χ0) is 32.7. The molecule has 1 unspecified atom stereocenters. The molecular formula is C40H49N3O6. The Hall–Kier alpha value is -4.18. The van der Waals surface area contributed by atoms with E-state index in [2.05, 4.69) is 46.1 Å². The lowest BCUT2D eigenvalue weighted by Gasteiger charge is -2.22. The van der Waals surface area contributed by atoms with Crippen molar-refractivity contribution in [2.24, 2.45) is 0 Å². The number of hydrogen-bond donors (Lipinski definition) is 1. The Morgan fingerprint density at radius 3 is 2.67 bits per heavy atom. The van der Waals surface area contributed by atoms with Crippen molar-refractivity contribution in [3.05, 3.63) is 83.3 Å². The summed E-state index contributed by atoms with van der Waals surface area (Å²) in [5.41, 5.74) is 6.59. The average Bonchev–Trinajstić information content (AvgIpc) is 3.66. The molecule has 9 heteroatoms. The topological polar surface area (TPSA) is 96.8 Å². The quantitative estimate of drug-likeness (QED) is 0.112. The molecule has 1 saturated heterocycles. The van der Waals surface area contributed by atoms with Crippen molar-refractivity contribution in [2.75, 3.05) is 33.0 Å². The van der Waals surface area contributed by atoms with Crippen molar-refractivity contribution >= 4 is 27.6 Å². The van der Waals surface area contributed by atoms with Crippen molar-refractivity contribution < 1.29 is 28.5 Å². The Bertz CT molecular complexity index is 1850. The minimum absolute atomic E-state index is 0. The highest BCUT2D eigenvalue weighted by Crippen LogP contribution is 2.39. The first-order valence-corrected chi connectivity index (χ1v) is 17.5. The van der Waals surface area contributed by atoms with Gasteiger partial charge in [0.05, 0.1) is 43.3 Å². The highest BCUT2D eigenvalue weighted by molar-refractivity contribution is 6.05. The van der Waals surface area contributed by atoms with Crippen LogP contribution < -0.4 is 4.74 Å². The number of aromatic amines is 1. The van der Waals surface area contributed by atoms with E-state index in [1.807, 2.05) is 31.2 Å². The highest BCUT2D eigenvalue weighted by atomic mass is 16.7. The Morgan fingerprint density at radius 1 is 0.959 bits per heavy atom. The number of H-pyrrole nitrogens is 1. The minimum atomic E-state index is -0.288. The van der Waals surface area contributed by atoms with Crippen LogP contribution in [0.2, 0.25) is 0 Å². The van der Waals surface area contributed by atoms with Gasteiger partial charge in [0.25, 0.3) is 0 Å². The number of ether oxygens (including phenoxy) is 5. The fourth-order valence-corrected chi connectivity index (χ4v) is 7.15. The number of para-hydroxylation sites is 1. The first-order valence-electron chi connectivity index (χ1n) is 17.5. The Balaban J connectivity index is 0.00000417. The molecule has 4 heterocycles. The van der Waals surface area contributed by atoms with Crippen LogP contribution in [0, 0.1) is 0 Å². The Morgan fingerprint density at radius 2 is 1.80 bits per heavy atom. The fraction of sp³-hybridized carbons (Fsp3) is 0.450. The molecule has 49 heavy (non-hydrogen) atoms. The van der Waals surface area contributed by atoms with Crippen molar-refractivity contribution in [2.45, 2.75) is 85.2 Å². The molecule has 0 aliphatic carbocycles. The van der Waals surface area contributed by atoms with E-state index in [9.17, 15) is 4.79 Å². The van der Waals surface area contributed by atoms with Gasteiger partial charge in [-0.3, -0.25) is 5.10 Å². The number of esters is 1. The second-order valence-electron chi connectivity index (χ2n) is 12.5. The van der Waals surface area contributed by atoms with E-state index in [4.69, 9.17) is 28.8 Å². The third kappa shape index (κ3) is 7.54. The second kappa shape index (κ2) is 16.5. The van der Waals surface area contributed by atoms with Crippen molar-refractivity contribution in [3.8, 4) is 16.9 Å². The smallest absolute Gasteiger partial charge is 0.355 e. The zero-order valence-electron chi connectivity index (χ0n) is 27.8. The zero-order valence-corrected chi connectivity index (χ0v) is 27.8. The molecule has 0 amide bonds. The predicted octanol–water partition coefficient (Wildman–Crippen LogP) is 8.41. The van der Waals surface area contributed by atoms with Gasteiger partial charge in [0.1, 0.15) is 11.4 Å². The van der Waals surface area contributed by atoms with E-state index in [1.165, 1.54) is 0 Å². The maximum atomic E-state index is 13.8. The summed E-state index contributed by atoms with van der Waals surface area (Å²) >= 11 is 0. The van der Waals surface area contributed by atoms with Crippen LogP contribution in [0.4, 0.5) is 0 Å². The number of hydrogen-bond acceptors (Lipinski definition) is 7. The van der Waals surface area contributed by atoms with Gasteiger partial charge in [-0.05, 0) is 68.9 Å². The first kappa shape index (κ1) is 34.7. The second-order valence-corrected chi connectivity index (χ2v) is 12.5. The first-order chi connectivity index (χ1) is 23.7. The van der Waals surface area contributed by atoms with E-state index >= 15 is 0 Å². The van der Waals surface area contributed by atoms with Gasteiger partial charge in [0.15, 0.2) is 6.29 Å². The number of fused-ring (bicyclic) bond motifs is 3. The molecular weight excluding hydrogens is 618 g/mol. The molecule has 3 aromatic carbocycles. The maximum absolute atomic E-state index is 13.8. The lowest BCUT2D eigenvalue weighted by Crippen LogP contribution is -2.23. The van der Waals surface area contributed by atoms with Crippen LogP contribution in [0.25, 0.3) is 32.8 Å². The average molecular weight is 668 g/mol.